The number of nitrogens with one attached hydrogen (secondary N) is 1. The normalized spacial score (nSPS) is 10.8. The molecule has 0 radical (unpaired) electrons. The molecule has 1 aromatic heterocycles. The van der Waals surface area contributed by atoms with E-state index in [2.05, 4.69) is 29.1 Å². The van der Waals surface area contributed by atoms with Gasteiger partial charge >= 0.3 is 0 Å². The first-order chi connectivity index (χ1) is 7.08. The molecular weight excluding hydrogens is 210 g/mol. The number of rotatable bonds is 4. The summed E-state index contributed by atoms with van der Waals surface area (Å²) in [4.78, 5) is 8.47. The summed E-state index contributed by atoms with van der Waals surface area (Å²) in [6.45, 7) is 8.11. The molecule has 3 nitrogen and oxygen atoms in total. The van der Waals surface area contributed by atoms with E-state index in [4.69, 9.17) is 11.6 Å². The lowest BCUT2D eigenvalue weighted by atomic mass is 10.1. The molecule has 1 aromatic rings. The highest BCUT2D eigenvalue weighted by atomic mass is 35.5. The van der Waals surface area contributed by atoms with Crippen LogP contribution in [0.5, 0.6) is 0 Å². The summed E-state index contributed by atoms with van der Waals surface area (Å²) in [5, 5.41) is 3.93. The number of hydrogen-bond acceptors (Lipinski definition) is 3. The van der Waals surface area contributed by atoms with E-state index in [0.717, 1.165) is 24.2 Å². The summed E-state index contributed by atoms with van der Waals surface area (Å²) >= 11 is 6.00. The van der Waals surface area contributed by atoms with Gasteiger partial charge in [-0.1, -0.05) is 25.4 Å². The summed E-state index contributed by atoms with van der Waals surface area (Å²) in [5.74, 6) is 1.57. The Labute approximate surface area is 96.3 Å². The van der Waals surface area contributed by atoms with Crippen molar-refractivity contribution in [1.29, 1.82) is 0 Å². The van der Waals surface area contributed by atoms with Crippen LogP contribution in [0.3, 0.4) is 0 Å². The molecular formula is C11H18ClN3. The first-order valence-corrected chi connectivity index (χ1v) is 5.73. The summed E-state index contributed by atoms with van der Waals surface area (Å²) in [6, 6.07) is 0.453. The molecule has 0 atom stereocenters. The topological polar surface area (TPSA) is 37.8 Å². The Morgan fingerprint density at radius 3 is 2.33 bits per heavy atom. The third-order valence-corrected chi connectivity index (χ3v) is 2.89. The molecule has 84 valence electrons. The van der Waals surface area contributed by atoms with E-state index in [0.29, 0.717) is 17.0 Å². The summed E-state index contributed by atoms with van der Waals surface area (Å²) < 4.78 is 0. The predicted molar refractivity (Wildman–Crippen MR) is 64.5 cm³/mol. The molecule has 0 amide bonds. The summed E-state index contributed by atoms with van der Waals surface area (Å²) in [7, 11) is 0. The highest BCUT2D eigenvalue weighted by Crippen LogP contribution is 2.21. The molecule has 0 aromatic carbocycles. The van der Waals surface area contributed by atoms with Crippen molar-refractivity contribution in [3.8, 4) is 0 Å². The third-order valence-electron chi connectivity index (χ3n) is 2.52. The Morgan fingerprint density at radius 2 is 1.80 bits per heavy atom. The summed E-state index contributed by atoms with van der Waals surface area (Å²) in [5.41, 5.74) is 0.925. The van der Waals surface area contributed by atoms with Gasteiger partial charge in [0.25, 0.3) is 0 Å². The Kier molecular flexibility index (Phi) is 4.33. The minimum absolute atomic E-state index is 0.453. The van der Waals surface area contributed by atoms with Crippen molar-refractivity contribution in [1.82, 2.24) is 9.97 Å². The van der Waals surface area contributed by atoms with Crippen molar-refractivity contribution in [3.05, 3.63) is 16.5 Å². The van der Waals surface area contributed by atoms with Crippen LogP contribution < -0.4 is 5.32 Å². The van der Waals surface area contributed by atoms with E-state index in [1.807, 2.05) is 13.8 Å². The van der Waals surface area contributed by atoms with Gasteiger partial charge in [-0.2, -0.15) is 0 Å². The average molecular weight is 228 g/mol. The number of anilines is 1. The number of hydrogen-bond donors (Lipinski definition) is 1. The van der Waals surface area contributed by atoms with Crippen molar-refractivity contribution in [2.24, 2.45) is 0 Å². The Morgan fingerprint density at radius 1 is 1.20 bits per heavy atom. The van der Waals surface area contributed by atoms with Gasteiger partial charge in [-0.25, -0.2) is 9.97 Å². The van der Waals surface area contributed by atoms with Crippen LogP contribution in [0.25, 0.3) is 0 Å². The SMILES string of the molecule is CCC(CC)Nc1nc(C)nc(Cl)c1C. The summed E-state index contributed by atoms with van der Waals surface area (Å²) in [6.07, 6.45) is 2.16. The molecule has 0 unspecified atom stereocenters. The van der Waals surface area contributed by atoms with E-state index in [9.17, 15) is 0 Å². The maximum atomic E-state index is 6.00. The molecule has 0 saturated heterocycles. The van der Waals surface area contributed by atoms with E-state index >= 15 is 0 Å². The maximum Gasteiger partial charge on any atom is 0.137 e. The Balaban J connectivity index is 2.93. The van der Waals surface area contributed by atoms with Crippen molar-refractivity contribution in [2.45, 2.75) is 46.6 Å². The van der Waals surface area contributed by atoms with Gasteiger partial charge in [-0.3, -0.25) is 0 Å². The molecule has 0 fully saturated rings. The smallest absolute Gasteiger partial charge is 0.137 e. The lowest BCUT2D eigenvalue weighted by Crippen LogP contribution is -2.19. The van der Waals surface area contributed by atoms with Gasteiger partial charge in [0.05, 0.1) is 0 Å². The minimum Gasteiger partial charge on any atom is -0.367 e. The second-order valence-electron chi connectivity index (χ2n) is 3.69. The first kappa shape index (κ1) is 12.2. The van der Waals surface area contributed by atoms with Crippen LogP contribution in [-0.2, 0) is 0 Å². The third kappa shape index (κ3) is 3.06. The van der Waals surface area contributed by atoms with Gasteiger partial charge in [0.2, 0.25) is 0 Å². The Hall–Kier alpha value is -0.830. The minimum atomic E-state index is 0.453. The quantitative estimate of drug-likeness (QED) is 0.802. The zero-order valence-electron chi connectivity index (χ0n) is 9.76. The van der Waals surface area contributed by atoms with Gasteiger partial charge in [0.15, 0.2) is 0 Å². The van der Waals surface area contributed by atoms with Crippen molar-refractivity contribution in [3.63, 3.8) is 0 Å². The van der Waals surface area contributed by atoms with Gasteiger partial charge in [-0.15, -0.1) is 0 Å². The molecule has 0 saturated carbocycles. The first-order valence-electron chi connectivity index (χ1n) is 5.35. The van der Waals surface area contributed by atoms with Crippen LogP contribution in [0.1, 0.15) is 38.1 Å². The van der Waals surface area contributed by atoms with Crippen LogP contribution >= 0.6 is 11.6 Å². The van der Waals surface area contributed by atoms with Crippen LogP contribution in [-0.4, -0.2) is 16.0 Å². The molecule has 1 rings (SSSR count). The van der Waals surface area contributed by atoms with Crippen molar-refractivity contribution in [2.75, 3.05) is 5.32 Å². The molecule has 0 aliphatic carbocycles. The standard InChI is InChI=1S/C11H18ClN3/c1-5-9(6-2)15-11-7(3)10(12)13-8(4)14-11/h9H,5-6H2,1-4H3,(H,13,14,15). The van der Waals surface area contributed by atoms with Crippen LogP contribution in [0.2, 0.25) is 5.15 Å². The fourth-order valence-corrected chi connectivity index (χ4v) is 1.63. The van der Waals surface area contributed by atoms with E-state index in [1.165, 1.54) is 0 Å². The molecule has 0 aliphatic rings. The van der Waals surface area contributed by atoms with Crippen LogP contribution in [0.4, 0.5) is 5.82 Å². The largest absolute Gasteiger partial charge is 0.367 e. The van der Waals surface area contributed by atoms with Crippen LogP contribution in [0.15, 0.2) is 0 Å². The van der Waals surface area contributed by atoms with Crippen molar-refractivity contribution >= 4 is 17.4 Å². The molecule has 1 heterocycles. The van der Waals surface area contributed by atoms with E-state index < -0.39 is 0 Å². The van der Waals surface area contributed by atoms with E-state index in [1.54, 1.807) is 0 Å². The zero-order chi connectivity index (χ0) is 11.4. The zero-order valence-corrected chi connectivity index (χ0v) is 10.5. The molecule has 4 heteroatoms. The predicted octanol–water partition coefficient (Wildman–Crippen LogP) is 3.35. The van der Waals surface area contributed by atoms with Gasteiger partial charge < -0.3 is 5.32 Å². The van der Waals surface area contributed by atoms with Gasteiger partial charge in [-0.05, 0) is 26.7 Å². The Bertz CT molecular complexity index is 335. The van der Waals surface area contributed by atoms with Gasteiger partial charge in [0.1, 0.15) is 16.8 Å². The van der Waals surface area contributed by atoms with E-state index in [-0.39, 0.29) is 0 Å². The number of aryl methyl sites for hydroxylation is 1. The molecule has 1 N–H and O–H groups in total. The molecule has 0 aliphatic heterocycles. The maximum absolute atomic E-state index is 6.00. The lowest BCUT2D eigenvalue weighted by molar-refractivity contribution is 0.666. The fourth-order valence-electron chi connectivity index (χ4n) is 1.42. The lowest BCUT2D eigenvalue weighted by Gasteiger charge is -2.17. The second-order valence-corrected chi connectivity index (χ2v) is 4.05. The molecule has 0 bridgehead atoms. The fraction of sp³-hybridized carbons (Fsp3) is 0.636. The number of halogens is 1. The highest BCUT2D eigenvalue weighted by Gasteiger charge is 2.10. The van der Waals surface area contributed by atoms with Gasteiger partial charge in [0, 0.05) is 11.6 Å². The molecule has 15 heavy (non-hydrogen) atoms. The van der Waals surface area contributed by atoms with Crippen LogP contribution in [0, 0.1) is 13.8 Å². The number of nitrogens with zero attached hydrogens (tertiary/aromatic N) is 2. The monoisotopic (exact) mass is 227 g/mol. The second kappa shape index (κ2) is 5.31. The number of aromatic nitrogens is 2. The van der Waals surface area contributed by atoms with Crippen molar-refractivity contribution < 1.29 is 0 Å². The average Bonchev–Trinajstić information content (AvgIpc) is 2.21. The highest BCUT2D eigenvalue weighted by molar-refractivity contribution is 6.30. The molecule has 0 spiro atoms.